The summed E-state index contributed by atoms with van der Waals surface area (Å²) in [6.07, 6.45) is 6.49. The van der Waals surface area contributed by atoms with Crippen LogP contribution in [0.4, 0.5) is 18.9 Å². The van der Waals surface area contributed by atoms with Gasteiger partial charge in [-0.05, 0) is 43.5 Å². The number of halogens is 3. The molecule has 1 saturated heterocycles. The normalized spacial score (nSPS) is 13.2. The summed E-state index contributed by atoms with van der Waals surface area (Å²) in [6.45, 7) is -0.214. The molecular formula is C22H25F3N4O3. The van der Waals surface area contributed by atoms with Crippen LogP contribution < -0.4 is 15.0 Å². The average molecular weight is 450 g/mol. The Morgan fingerprint density at radius 3 is 2.69 bits per heavy atom. The second-order valence-corrected chi connectivity index (χ2v) is 7.14. The molecule has 1 aliphatic heterocycles. The number of carbonyl (C=O) groups excluding carboxylic acids is 1. The van der Waals surface area contributed by atoms with E-state index in [1.807, 2.05) is 18.3 Å². The highest BCUT2D eigenvalue weighted by Crippen LogP contribution is 2.23. The number of benzene rings is 1. The molecule has 0 aliphatic carbocycles. The average Bonchev–Trinajstić information content (AvgIpc) is 3.43. The zero-order chi connectivity index (χ0) is 22.9. The molecule has 0 atom stereocenters. The van der Waals surface area contributed by atoms with E-state index < -0.39 is 12.4 Å². The van der Waals surface area contributed by atoms with Crippen LogP contribution in [0.15, 0.2) is 48.8 Å². The molecule has 2 N–H and O–H groups in total. The van der Waals surface area contributed by atoms with Crippen molar-refractivity contribution in [3.8, 4) is 5.75 Å². The lowest BCUT2D eigenvalue weighted by atomic mass is 10.2. The van der Waals surface area contributed by atoms with Gasteiger partial charge in [0.15, 0.2) is 0 Å². The minimum Gasteiger partial charge on any atom is -0.435 e. The minimum absolute atomic E-state index is 0.0775. The Balaban J connectivity index is 0.000000222. The fourth-order valence-electron chi connectivity index (χ4n) is 3.34. The van der Waals surface area contributed by atoms with Crippen LogP contribution in [0.2, 0.25) is 0 Å². The number of rotatable bonds is 7. The van der Waals surface area contributed by atoms with Gasteiger partial charge in [0, 0.05) is 44.2 Å². The first-order valence-electron chi connectivity index (χ1n) is 10.3. The number of pyridine rings is 1. The summed E-state index contributed by atoms with van der Waals surface area (Å²) in [5, 5.41) is 15.8. The van der Waals surface area contributed by atoms with E-state index in [2.05, 4.69) is 20.1 Å². The van der Waals surface area contributed by atoms with Gasteiger partial charge in [-0.3, -0.25) is 4.79 Å². The van der Waals surface area contributed by atoms with Crippen molar-refractivity contribution in [2.45, 2.75) is 25.9 Å². The van der Waals surface area contributed by atoms with Gasteiger partial charge in [-0.2, -0.15) is 13.9 Å². The van der Waals surface area contributed by atoms with Crippen LogP contribution in [-0.2, 0) is 0 Å². The standard InChI is InChI=1S/C15H20N4O2.C7H5F3O/c20-9-3-5-16-15(21)13-11-17-19-8-4-12(10-14(13)19)18-6-1-2-7-18;8-5-2-1-3-6(4-5)11-7(9)10/h4,8,10-11,20H,1-3,5-7,9H2,(H,16,21);1-4,7H. The van der Waals surface area contributed by atoms with E-state index in [0.29, 0.717) is 18.5 Å². The maximum absolute atomic E-state index is 12.3. The molecule has 10 heteroatoms. The molecule has 1 aromatic carbocycles. The van der Waals surface area contributed by atoms with Crippen molar-refractivity contribution in [3.63, 3.8) is 0 Å². The van der Waals surface area contributed by atoms with Crippen molar-refractivity contribution < 1.29 is 27.8 Å². The number of alkyl halides is 2. The molecular weight excluding hydrogens is 425 g/mol. The quantitative estimate of drug-likeness (QED) is 0.539. The summed E-state index contributed by atoms with van der Waals surface area (Å²) in [4.78, 5) is 14.5. The van der Waals surface area contributed by atoms with Gasteiger partial charge in [-0.25, -0.2) is 8.91 Å². The van der Waals surface area contributed by atoms with Crippen LogP contribution in [0, 0.1) is 5.82 Å². The largest absolute Gasteiger partial charge is 0.435 e. The highest BCUT2D eigenvalue weighted by atomic mass is 19.3. The van der Waals surface area contributed by atoms with E-state index in [4.69, 9.17) is 5.11 Å². The van der Waals surface area contributed by atoms with Gasteiger partial charge in [0.05, 0.1) is 17.3 Å². The van der Waals surface area contributed by atoms with Crippen LogP contribution in [0.5, 0.6) is 5.75 Å². The van der Waals surface area contributed by atoms with Crippen LogP contribution >= 0.6 is 0 Å². The lowest BCUT2D eigenvalue weighted by molar-refractivity contribution is -0.0500. The Hall–Kier alpha value is -3.27. The number of nitrogens with zero attached hydrogens (tertiary/aromatic N) is 3. The molecule has 0 unspecified atom stereocenters. The fraction of sp³-hybridized carbons (Fsp3) is 0.364. The fourth-order valence-corrected chi connectivity index (χ4v) is 3.34. The third-order valence-electron chi connectivity index (χ3n) is 4.86. The van der Waals surface area contributed by atoms with E-state index in [1.165, 1.54) is 25.0 Å². The summed E-state index contributed by atoms with van der Waals surface area (Å²) < 4.78 is 41.0. The van der Waals surface area contributed by atoms with Crippen molar-refractivity contribution in [3.05, 3.63) is 60.2 Å². The molecule has 172 valence electrons. The number of fused-ring (bicyclic) bond motifs is 1. The Bertz CT molecular complexity index is 1020. The van der Waals surface area contributed by atoms with E-state index in [-0.39, 0.29) is 18.3 Å². The van der Waals surface area contributed by atoms with Crippen molar-refractivity contribution in [1.82, 2.24) is 14.9 Å². The zero-order valence-corrected chi connectivity index (χ0v) is 17.4. The minimum atomic E-state index is -2.91. The molecule has 7 nitrogen and oxygen atoms in total. The van der Waals surface area contributed by atoms with Crippen molar-refractivity contribution in [2.24, 2.45) is 0 Å². The maximum Gasteiger partial charge on any atom is 0.387 e. The molecule has 32 heavy (non-hydrogen) atoms. The van der Waals surface area contributed by atoms with Crippen LogP contribution in [0.3, 0.4) is 0 Å². The molecule has 3 heterocycles. The van der Waals surface area contributed by atoms with E-state index in [0.717, 1.165) is 36.4 Å². The second kappa shape index (κ2) is 11.4. The number of hydrogen-bond acceptors (Lipinski definition) is 5. The number of aromatic nitrogens is 2. The molecule has 1 aliphatic rings. The summed E-state index contributed by atoms with van der Waals surface area (Å²) in [5.41, 5.74) is 2.54. The van der Waals surface area contributed by atoms with Crippen LogP contribution in [0.25, 0.3) is 5.52 Å². The lowest BCUT2D eigenvalue weighted by Crippen LogP contribution is -2.25. The Morgan fingerprint density at radius 2 is 2.00 bits per heavy atom. The number of aliphatic hydroxyl groups is 1. The predicted octanol–water partition coefficient (Wildman–Crippen LogP) is 3.47. The Morgan fingerprint density at radius 1 is 1.22 bits per heavy atom. The smallest absolute Gasteiger partial charge is 0.387 e. The summed E-state index contributed by atoms with van der Waals surface area (Å²) >= 11 is 0. The summed E-state index contributed by atoms with van der Waals surface area (Å²) in [7, 11) is 0. The molecule has 0 bridgehead atoms. The van der Waals surface area contributed by atoms with Gasteiger partial charge in [0.25, 0.3) is 5.91 Å². The predicted molar refractivity (Wildman–Crippen MR) is 114 cm³/mol. The number of anilines is 1. The van der Waals surface area contributed by atoms with Gasteiger partial charge in [0.2, 0.25) is 0 Å². The maximum atomic E-state index is 12.3. The molecule has 3 aromatic rings. The van der Waals surface area contributed by atoms with E-state index in [1.54, 1.807) is 10.7 Å². The monoisotopic (exact) mass is 450 g/mol. The number of hydrogen-bond donors (Lipinski definition) is 2. The second-order valence-electron chi connectivity index (χ2n) is 7.14. The summed E-state index contributed by atoms with van der Waals surface area (Å²) in [6, 6.07) is 8.67. The number of carbonyl (C=O) groups is 1. The van der Waals surface area contributed by atoms with Gasteiger partial charge >= 0.3 is 6.61 Å². The topological polar surface area (TPSA) is 79.1 Å². The number of nitrogens with one attached hydrogen (secondary N) is 1. The van der Waals surface area contributed by atoms with Gasteiger partial charge in [-0.1, -0.05) is 6.07 Å². The number of aliphatic hydroxyl groups excluding tert-OH is 1. The van der Waals surface area contributed by atoms with E-state index >= 15 is 0 Å². The van der Waals surface area contributed by atoms with Crippen LogP contribution in [0.1, 0.15) is 29.6 Å². The van der Waals surface area contributed by atoms with Crippen molar-refractivity contribution in [2.75, 3.05) is 31.1 Å². The first-order valence-corrected chi connectivity index (χ1v) is 10.3. The highest BCUT2D eigenvalue weighted by molar-refractivity contribution is 6.01. The van der Waals surface area contributed by atoms with Gasteiger partial charge in [0.1, 0.15) is 11.6 Å². The Kier molecular flexibility index (Phi) is 8.32. The molecule has 1 amide bonds. The summed E-state index contributed by atoms with van der Waals surface area (Å²) in [5.74, 6) is -0.903. The van der Waals surface area contributed by atoms with Crippen molar-refractivity contribution in [1.29, 1.82) is 0 Å². The van der Waals surface area contributed by atoms with Crippen molar-refractivity contribution >= 4 is 17.1 Å². The van der Waals surface area contributed by atoms with E-state index in [9.17, 15) is 18.0 Å². The molecule has 0 saturated carbocycles. The number of amides is 1. The van der Waals surface area contributed by atoms with Gasteiger partial charge < -0.3 is 20.1 Å². The zero-order valence-electron chi connectivity index (χ0n) is 17.4. The third-order valence-corrected chi connectivity index (χ3v) is 4.86. The van der Waals surface area contributed by atoms with Gasteiger partial charge in [-0.15, -0.1) is 0 Å². The number of ether oxygens (including phenoxy) is 1. The molecule has 0 radical (unpaired) electrons. The molecule has 1 fully saturated rings. The SMILES string of the molecule is Fc1cccc(OC(F)F)c1.O=C(NCCCO)c1cnn2ccc(N3CCCC3)cc12. The molecule has 4 rings (SSSR count). The molecule has 0 spiro atoms. The first-order chi connectivity index (χ1) is 15.5. The third kappa shape index (κ3) is 6.36. The Labute approximate surface area is 183 Å². The highest BCUT2D eigenvalue weighted by Gasteiger charge is 2.16. The molecule has 2 aromatic heterocycles. The first kappa shape index (κ1) is 23.4. The van der Waals surface area contributed by atoms with Crippen LogP contribution in [-0.4, -0.2) is 53.5 Å². The lowest BCUT2D eigenvalue weighted by Gasteiger charge is -2.17.